The average Bonchev–Trinajstić information content (AvgIpc) is 3.28. The number of carbonyl (C=O) groups excluding carboxylic acids is 1. The Labute approximate surface area is 123 Å². The van der Waals surface area contributed by atoms with E-state index >= 15 is 0 Å². The van der Waals surface area contributed by atoms with Gasteiger partial charge >= 0.3 is 0 Å². The smallest absolute Gasteiger partial charge is 0.232 e. The molecule has 0 saturated heterocycles. The zero-order valence-electron chi connectivity index (χ0n) is 11.0. The maximum absolute atomic E-state index is 12.6. The topological polar surface area (TPSA) is 33.2 Å². The highest BCUT2D eigenvalue weighted by Crippen LogP contribution is 2.31. The van der Waals surface area contributed by atoms with Crippen molar-refractivity contribution >= 4 is 23.3 Å². The van der Waals surface area contributed by atoms with Gasteiger partial charge in [-0.25, -0.2) is 4.98 Å². The number of carbonyl (C=O) groups is 1. The van der Waals surface area contributed by atoms with Gasteiger partial charge in [-0.05, 0) is 36.6 Å². The molecular formula is C16H15ClN2O. The summed E-state index contributed by atoms with van der Waals surface area (Å²) in [5.41, 5.74) is 0.862. The van der Waals surface area contributed by atoms with E-state index in [1.165, 1.54) is 0 Å². The van der Waals surface area contributed by atoms with Gasteiger partial charge in [-0.1, -0.05) is 35.9 Å². The van der Waals surface area contributed by atoms with E-state index in [-0.39, 0.29) is 5.91 Å². The molecule has 1 saturated carbocycles. The third kappa shape index (κ3) is 2.83. The summed E-state index contributed by atoms with van der Waals surface area (Å²) in [4.78, 5) is 18.7. The number of hydrogen-bond acceptors (Lipinski definition) is 2. The van der Waals surface area contributed by atoms with Gasteiger partial charge in [-0.15, -0.1) is 0 Å². The standard InChI is InChI=1S/C16H15ClN2O/c17-14-6-2-1-5-12(14)11-16(20)19(13-8-9-13)15-7-3-4-10-18-15/h1-7,10,13H,8-9,11H2. The summed E-state index contributed by atoms with van der Waals surface area (Å²) in [5.74, 6) is 0.784. The van der Waals surface area contributed by atoms with Crippen molar-refractivity contribution in [3.8, 4) is 0 Å². The highest BCUT2D eigenvalue weighted by atomic mass is 35.5. The molecule has 1 aliphatic carbocycles. The first-order valence-corrected chi connectivity index (χ1v) is 7.10. The third-order valence-corrected chi connectivity index (χ3v) is 3.75. The average molecular weight is 287 g/mol. The summed E-state index contributed by atoms with van der Waals surface area (Å²) in [6, 6.07) is 13.4. The van der Waals surface area contributed by atoms with E-state index in [4.69, 9.17) is 11.6 Å². The zero-order valence-corrected chi connectivity index (χ0v) is 11.8. The molecule has 0 unspecified atom stereocenters. The van der Waals surface area contributed by atoms with Crippen LogP contribution >= 0.6 is 11.6 Å². The zero-order chi connectivity index (χ0) is 13.9. The highest BCUT2D eigenvalue weighted by molar-refractivity contribution is 6.31. The number of pyridine rings is 1. The fourth-order valence-corrected chi connectivity index (χ4v) is 2.44. The van der Waals surface area contributed by atoms with Crippen LogP contribution in [0.15, 0.2) is 48.7 Å². The minimum Gasteiger partial charge on any atom is -0.293 e. The van der Waals surface area contributed by atoms with Crippen molar-refractivity contribution in [3.05, 3.63) is 59.2 Å². The molecule has 20 heavy (non-hydrogen) atoms. The lowest BCUT2D eigenvalue weighted by atomic mass is 10.1. The predicted molar refractivity (Wildman–Crippen MR) is 79.9 cm³/mol. The van der Waals surface area contributed by atoms with Gasteiger partial charge in [-0.3, -0.25) is 9.69 Å². The number of aromatic nitrogens is 1. The Hall–Kier alpha value is -1.87. The van der Waals surface area contributed by atoms with Crippen LogP contribution in [-0.4, -0.2) is 16.9 Å². The monoisotopic (exact) mass is 286 g/mol. The molecule has 102 valence electrons. The summed E-state index contributed by atoms with van der Waals surface area (Å²) in [5, 5.41) is 0.637. The Morgan fingerprint density at radius 3 is 2.60 bits per heavy atom. The third-order valence-electron chi connectivity index (χ3n) is 3.38. The van der Waals surface area contributed by atoms with Crippen LogP contribution in [0.1, 0.15) is 18.4 Å². The number of hydrogen-bond donors (Lipinski definition) is 0. The maximum Gasteiger partial charge on any atom is 0.232 e. The van der Waals surface area contributed by atoms with Crippen LogP contribution in [0.3, 0.4) is 0 Å². The van der Waals surface area contributed by atoms with Crippen molar-refractivity contribution < 1.29 is 4.79 Å². The summed E-state index contributed by atoms with van der Waals surface area (Å²) in [7, 11) is 0. The van der Waals surface area contributed by atoms with Crippen molar-refractivity contribution in [2.75, 3.05) is 4.90 Å². The van der Waals surface area contributed by atoms with E-state index in [2.05, 4.69) is 4.98 Å². The van der Waals surface area contributed by atoms with Gasteiger partial charge in [0.05, 0.1) is 6.42 Å². The molecular weight excluding hydrogens is 272 g/mol. The quantitative estimate of drug-likeness (QED) is 0.862. The van der Waals surface area contributed by atoms with Crippen molar-refractivity contribution in [2.24, 2.45) is 0 Å². The molecule has 0 radical (unpaired) electrons. The Kier molecular flexibility index (Phi) is 3.70. The van der Waals surface area contributed by atoms with Gasteiger partial charge in [0.1, 0.15) is 5.82 Å². The largest absolute Gasteiger partial charge is 0.293 e. The molecule has 1 aromatic carbocycles. The number of amides is 1. The minimum atomic E-state index is 0.0549. The fourth-order valence-electron chi connectivity index (χ4n) is 2.24. The van der Waals surface area contributed by atoms with E-state index in [9.17, 15) is 4.79 Å². The first kappa shape index (κ1) is 13.1. The number of benzene rings is 1. The van der Waals surface area contributed by atoms with Crippen molar-refractivity contribution in [2.45, 2.75) is 25.3 Å². The molecule has 1 aliphatic rings. The van der Waals surface area contributed by atoms with Crippen molar-refractivity contribution in [3.63, 3.8) is 0 Å². The van der Waals surface area contributed by atoms with Crippen LogP contribution in [0.25, 0.3) is 0 Å². The van der Waals surface area contributed by atoms with E-state index in [1.807, 2.05) is 47.4 Å². The molecule has 0 spiro atoms. The Bertz CT molecular complexity index is 611. The van der Waals surface area contributed by atoms with Crippen molar-refractivity contribution in [1.29, 1.82) is 0 Å². The minimum absolute atomic E-state index is 0.0549. The predicted octanol–water partition coefficient (Wildman–Crippen LogP) is 3.47. The molecule has 4 heteroatoms. The fraction of sp³-hybridized carbons (Fsp3) is 0.250. The lowest BCUT2D eigenvalue weighted by Gasteiger charge is -2.21. The number of anilines is 1. The van der Waals surface area contributed by atoms with Crippen LogP contribution in [0.2, 0.25) is 5.02 Å². The number of nitrogens with zero attached hydrogens (tertiary/aromatic N) is 2. The molecule has 0 aliphatic heterocycles. The molecule has 1 heterocycles. The van der Waals surface area contributed by atoms with Crippen LogP contribution in [0.4, 0.5) is 5.82 Å². The summed E-state index contributed by atoms with van der Waals surface area (Å²) in [6.07, 6.45) is 4.12. The molecule has 0 bridgehead atoms. The second-order valence-electron chi connectivity index (χ2n) is 4.95. The Morgan fingerprint density at radius 1 is 1.20 bits per heavy atom. The lowest BCUT2D eigenvalue weighted by Crippen LogP contribution is -2.35. The lowest BCUT2D eigenvalue weighted by molar-refractivity contribution is -0.118. The highest BCUT2D eigenvalue weighted by Gasteiger charge is 2.34. The van der Waals surface area contributed by atoms with E-state index in [0.29, 0.717) is 17.5 Å². The second kappa shape index (κ2) is 5.63. The summed E-state index contributed by atoms with van der Waals surface area (Å²) in [6.45, 7) is 0. The van der Waals surface area contributed by atoms with Crippen LogP contribution in [0, 0.1) is 0 Å². The summed E-state index contributed by atoms with van der Waals surface area (Å²) >= 11 is 6.13. The van der Waals surface area contributed by atoms with Crippen LogP contribution < -0.4 is 4.90 Å². The van der Waals surface area contributed by atoms with Gasteiger partial charge in [0.25, 0.3) is 0 Å². The van der Waals surface area contributed by atoms with E-state index in [0.717, 1.165) is 24.2 Å². The first-order valence-electron chi connectivity index (χ1n) is 6.72. The van der Waals surface area contributed by atoms with Gasteiger partial charge in [0.2, 0.25) is 5.91 Å². The SMILES string of the molecule is O=C(Cc1ccccc1Cl)N(c1ccccn1)C1CC1. The first-order chi connectivity index (χ1) is 9.75. The Balaban J connectivity index is 1.82. The molecule has 1 fully saturated rings. The Morgan fingerprint density at radius 2 is 1.95 bits per heavy atom. The van der Waals surface area contributed by atoms with Crippen molar-refractivity contribution in [1.82, 2.24) is 4.98 Å². The van der Waals surface area contributed by atoms with Gasteiger partial charge < -0.3 is 0 Å². The molecule has 1 amide bonds. The second-order valence-corrected chi connectivity index (χ2v) is 5.36. The molecule has 0 N–H and O–H groups in total. The maximum atomic E-state index is 12.6. The number of rotatable bonds is 4. The molecule has 3 nitrogen and oxygen atoms in total. The molecule has 3 rings (SSSR count). The van der Waals surface area contributed by atoms with Gasteiger partial charge in [0.15, 0.2) is 0 Å². The van der Waals surface area contributed by atoms with E-state index in [1.54, 1.807) is 6.20 Å². The van der Waals surface area contributed by atoms with Gasteiger partial charge in [-0.2, -0.15) is 0 Å². The molecule has 1 aromatic heterocycles. The normalized spacial score (nSPS) is 14.1. The molecule has 0 atom stereocenters. The molecule has 2 aromatic rings. The van der Waals surface area contributed by atoms with Crippen LogP contribution in [0.5, 0.6) is 0 Å². The van der Waals surface area contributed by atoms with E-state index < -0.39 is 0 Å². The number of halogens is 1. The summed E-state index contributed by atoms with van der Waals surface area (Å²) < 4.78 is 0. The van der Waals surface area contributed by atoms with Gasteiger partial charge in [0, 0.05) is 17.3 Å². The van der Waals surface area contributed by atoms with Crippen LogP contribution in [-0.2, 0) is 11.2 Å².